The van der Waals surface area contributed by atoms with Crippen LogP contribution in [0.1, 0.15) is 46.2 Å². The van der Waals surface area contributed by atoms with Gasteiger partial charge in [-0.25, -0.2) is 0 Å². The molecule has 2 nitrogen and oxygen atoms in total. The second-order valence-corrected chi connectivity index (χ2v) is 6.78. The summed E-state index contributed by atoms with van der Waals surface area (Å²) >= 11 is 0. The summed E-state index contributed by atoms with van der Waals surface area (Å²) in [5, 5.41) is 0. The van der Waals surface area contributed by atoms with Crippen molar-refractivity contribution < 1.29 is 0 Å². The van der Waals surface area contributed by atoms with E-state index in [-0.39, 0.29) is 11.5 Å². The van der Waals surface area contributed by atoms with Crippen LogP contribution < -0.4 is 5.73 Å². The molecule has 0 saturated heterocycles. The fourth-order valence-electron chi connectivity index (χ4n) is 2.51. The van der Waals surface area contributed by atoms with Gasteiger partial charge < -0.3 is 10.6 Å². The molecule has 19 heavy (non-hydrogen) atoms. The summed E-state index contributed by atoms with van der Waals surface area (Å²) in [6.07, 6.45) is 0. The third-order valence-corrected chi connectivity index (χ3v) is 4.32. The molecule has 0 radical (unpaired) electrons. The molecular weight excluding hydrogens is 232 g/mol. The van der Waals surface area contributed by atoms with E-state index in [0.29, 0.717) is 12.0 Å². The molecule has 0 heterocycles. The van der Waals surface area contributed by atoms with Crippen molar-refractivity contribution in [2.75, 3.05) is 13.6 Å². The van der Waals surface area contributed by atoms with Gasteiger partial charge in [0.2, 0.25) is 0 Å². The number of hydrogen-bond acceptors (Lipinski definition) is 2. The van der Waals surface area contributed by atoms with E-state index in [2.05, 4.69) is 70.8 Å². The van der Waals surface area contributed by atoms with Gasteiger partial charge in [-0.05, 0) is 30.9 Å². The zero-order valence-electron chi connectivity index (χ0n) is 13.4. The Bertz CT molecular complexity index is 370. The molecule has 2 N–H and O–H groups in total. The Morgan fingerprint density at radius 2 is 1.63 bits per heavy atom. The van der Waals surface area contributed by atoms with E-state index in [1.807, 2.05) is 6.07 Å². The summed E-state index contributed by atoms with van der Waals surface area (Å²) in [6, 6.07) is 11.0. The minimum Gasteiger partial charge on any atom is -0.323 e. The Balaban J connectivity index is 2.75. The van der Waals surface area contributed by atoms with Gasteiger partial charge in [-0.2, -0.15) is 0 Å². The molecule has 1 rings (SSSR count). The summed E-state index contributed by atoms with van der Waals surface area (Å²) in [4.78, 5) is 2.42. The van der Waals surface area contributed by atoms with E-state index < -0.39 is 0 Å². The molecule has 0 bridgehead atoms. The maximum atomic E-state index is 6.47. The fraction of sp³-hybridized carbons (Fsp3) is 0.647. The number of nitrogens with zero attached hydrogens (tertiary/aromatic N) is 1. The predicted octanol–water partition coefficient (Wildman–Crippen LogP) is 3.69. The normalized spacial score (nSPS) is 15.8. The lowest BCUT2D eigenvalue weighted by atomic mass is 9.80. The van der Waals surface area contributed by atoms with Gasteiger partial charge in [0.05, 0.1) is 0 Å². The maximum Gasteiger partial charge on any atom is 0.0359 e. The summed E-state index contributed by atoms with van der Waals surface area (Å²) in [5.41, 5.74) is 7.75. The van der Waals surface area contributed by atoms with E-state index >= 15 is 0 Å². The molecule has 0 amide bonds. The zero-order valence-corrected chi connectivity index (χ0v) is 13.4. The Morgan fingerprint density at radius 1 is 1.11 bits per heavy atom. The fourth-order valence-corrected chi connectivity index (χ4v) is 2.51. The molecule has 0 aliphatic heterocycles. The highest BCUT2D eigenvalue weighted by molar-refractivity contribution is 5.20. The van der Waals surface area contributed by atoms with Crippen LogP contribution in [0.25, 0.3) is 0 Å². The molecule has 1 aromatic rings. The lowest BCUT2D eigenvalue weighted by molar-refractivity contribution is 0.122. The smallest absolute Gasteiger partial charge is 0.0359 e. The summed E-state index contributed by atoms with van der Waals surface area (Å²) in [6.45, 7) is 12.3. The lowest BCUT2D eigenvalue weighted by Gasteiger charge is -2.39. The van der Waals surface area contributed by atoms with Gasteiger partial charge in [0.1, 0.15) is 0 Å². The van der Waals surface area contributed by atoms with Crippen LogP contribution in [-0.4, -0.2) is 24.5 Å². The van der Waals surface area contributed by atoms with Crippen molar-refractivity contribution in [2.24, 2.45) is 17.1 Å². The van der Waals surface area contributed by atoms with Crippen LogP contribution >= 0.6 is 0 Å². The largest absolute Gasteiger partial charge is 0.323 e. The molecular formula is C17H30N2. The molecule has 0 aliphatic rings. The average Bonchev–Trinajstić information content (AvgIpc) is 2.37. The van der Waals surface area contributed by atoms with Crippen molar-refractivity contribution in [2.45, 2.75) is 46.7 Å². The highest BCUT2D eigenvalue weighted by Gasteiger charge is 2.30. The van der Waals surface area contributed by atoms with Crippen LogP contribution in [0.3, 0.4) is 0 Å². The van der Waals surface area contributed by atoms with E-state index in [4.69, 9.17) is 5.73 Å². The minimum absolute atomic E-state index is 0.0548. The van der Waals surface area contributed by atoms with Crippen molar-refractivity contribution >= 4 is 0 Å². The molecule has 108 valence electrons. The van der Waals surface area contributed by atoms with Crippen LogP contribution in [0.2, 0.25) is 0 Å². The molecule has 2 heteroatoms. The van der Waals surface area contributed by atoms with Gasteiger partial charge in [-0.15, -0.1) is 0 Å². The maximum absolute atomic E-state index is 6.47. The minimum atomic E-state index is 0.0548. The van der Waals surface area contributed by atoms with Crippen LogP contribution in [0.15, 0.2) is 30.3 Å². The predicted molar refractivity (Wildman–Crippen MR) is 84.1 cm³/mol. The second kappa shape index (κ2) is 6.53. The van der Waals surface area contributed by atoms with E-state index in [1.54, 1.807) is 0 Å². The quantitative estimate of drug-likeness (QED) is 0.847. The Hall–Kier alpha value is -0.860. The number of rotatable bonds is 6. The topological polar surface area (TPSA) is 29.3 Å². The standard InChI is InChI=1S/C17H30N2/c1-13(2)14(3)19(6)12-17(4,5)16(18)15-10-8-7-9-11-15/h7-11,13-14,16H,12,18H2,1-6H3. The average molecular weight is 262 g/mol. The molecule has 2 atom stereocenters. The highest BCUT2D eigenvalue weighted by atomic mass is 15.1. The van der Waals surface area contributed by atoms with Crippen LogP contribution in [-0.2, 0) is 0 Å². The number of nitrogens with two attached hydrogens (primary N) is 1. The summed E-state index contributed by atoms with van der Waals surface area (Å²) in [7, 11) is 2.20. The van der Waals surface area contributed by atoms with Crippen molar-refractivity contribution in [1.82, 2.24) is 4.90 Å². The molecule has 2 unspecified atom stereocenters. The molecule has 0 aliphatic carbocycles. The second-order valence-electron chi connectivity index (χ2n) is 6.78. The van der Waals surface area contributed by atoms with Gasteiger partial charge in [0.25, 0.3) is 0 Å². The summed E-state index contributed by atoms with van der Waals surface area (Å²) in [5.74, 6) is 0.661. The first-order chi connectivity index (χ1) is 8.75. The molecule has 0 saturated carbocycles. The Labute approximate surface area is 119 Å². The molecule has 1 aromatic carbocycles. The third-order valence-electron chi connectivity index (χ3n) is 4.32. The summed E-state index contributed by atoms with van der Waals surface area (Å²) < 4.78 is 0. The highest BCUT2D eigenvalue weighted by Crippen LogP contribution is 2.32. The van der Waals surface area contributed by atoms with Gasteiger partial charge >= 0.3 is 0 Å². The molecule has 0 aromatic heterocycles. The van der Waals surface area contributed by atoms with Crippen molar-refractivity contribution in [3.8, 4) is 0 Å². The first kappa shape index (κ1) is 16.2. The van der Waals surface area contributed by atoms with Crippen molar-refractivity contribution in [3.63, 3.8) is 0 Å². The first-order valence-corrected chi connectivity index (χ1v) is 7.26. The van der Waals surface area contributed by atoms with Gasteiger partial charge in [0.15, 0.2) is 0 Å². The van der Waals surface area contributed by atoms with Crippen LogP contribution in [0.5, 0.6) is 0 Å². The Kier molecular flexibility index (Phi) is 5.57. The zero-order chi connectivity index (χ0) is 14.6. The van der Waals surface area contributed by atoms with Crippen LogP contribution in [0.4, 0.5) is 0 Å². The Morgan fingerprint density at radius 3 is 2.11 bits per heavy atom. The van der Waals surface area contributed by atoms with E-state index in [0.717, 1.165) is 6.54 Å². The number of benzene rings is 1. The van der Waals surface area contributed by atoms with E-state index in [1.165, 1.54) is 5.56 Å². The van der Waals surface area contributed by atoms with Crippen LogP contribution in [0, 0.1) is 11.3 Å². The number of hydrogen-bond donors (Lipinski definition) is 1. The molecule has 0 fully saturated rings. The van der Waals surface area contributed by atoms with Crippen molar-refractivity contribution in [3.05, 3.63) is 35.9 Å². The van der Waals surface area contributed by atoms with Gasteiger partial charge in [-0.3, -0.25) is 0 Å². The molecule has 0 spiro atoms. The van der Waals surface area contributed by atoms with Crippen molar-refractivity contribution in [1.29, 1.82) is 0 Å². The van der Waals surface area contributed by atoms with Gasteiger partial charge in [-0.1, -0.05) is 58.0 Å². The van der Waals surface area contributed by atoms with E-state index in [9.17, 15) is 0 Å². The SMILES string of the molecule is CC(C)C(C)N(C)CC(C)(C)C(N)c1ccccc1. The lowest BCUT2D eigenvalue weighted by Crippen LogP contribution is -2.44. The monoisotopic (exact) mass is 262 g/mol. The third kappa shape index (κ3) is 4.32. The van der Waals surface area contributed by atoms with Gasteiger partial charge in [0, 0.05) is 18.6 Å². The first-order valence-electron chi connectivity index (χ1n) is 7.26.